The van der Waals surface area contributed by atoms with Gasteiger partial charge in [-0.05, 0) is 44.9 Å². The van der Waals surface area contributed by atoms with Crippen LogP contribution in [0.2, 0.25) is 0 Å². The van der Waals surface area contributed by atoms with Gasteiger partial charge in [-0.1, -0.05) is 0 Å². The molecular formula is C16H19N3O. The van der Waals surface area contributed by atoms with Gasteiger partial charge in [0.05, 0.1) is 28.8 Å². The summed E-state index contributed by atoms with van der Waals surface area (Å²) in [4.78, 5) is 4.74. The van der Waals surface area contributed by atoms with Crippen molar-refractivity contribution >= 4 is 11.0 Å². The average molecular weight is 269 g/mol. The highest BCUT2D eigenvalue weighted by Crippen LogP contribution is 2.25. The van der Waals surface area contributed by atoms with Crippen LogP contribution in [-0.4, -0.2) is 22.3 Å². The highest BCUT2D eigenvalue weighted by atomic mass is 16.5. The van der Waals surface area contributed by atoms with Crippen molar-refractivity contribution in [3.8, 4) is 6.07 Å². The van der Waals surface area contributed by atoms with E-state index in [1.807, 2.05) is 18.2 Å². The molecule has 0 radical (unpaired) electrons. The Bertz CT molecular complexity index is 660. The van der Waals surface area contributed by atoms with Crippen LogP contribution in [0, 0.1) is 11.3 Å². The minimum absolute atomic E-state index is 0.291. The van der Waals surface area contributed by atoms with Gasteiger partial charge in [0.2, 0.25) is 0 Å². The summed E-state index contributed by atoms with van der Waals surface area (Å²) >= 11 is 0. The summed E-state index contributed by atoms with van der Waals surface area (Å²) < 4.78 is 7.99. The second kappa shape index (κ2) is 5.26. The molecule has 1 atom stereocenters. The highest BCUT2D eigenvalue weighted by Gasteiger charge is 2.21. The Balaban J connectivity index is 2.05. The first-order chi connectivity index (χ1) is 9.69. The molecule has 4 nitrogen and oxygen atoms in total. The second-order valence-corrected chi connectivity index (χ2v) is 5.65. The van der Waals surface area contributed by atoms with Crippen LogP contribution in [0.25, 0.3) is 11.0 Å². The topological polar surface area (TPSA) is 50.8 Å². The summed E-state index contributed by atoms with van der Waals surface area (Å²) in [7, 11) is 0. The van der Waals surface area contributed by atoms with Gasteiger partial charge in [0.25, 0.3) is 0 Å². The molecule has 1 aliphatic rings. The lowest BCUT2D eigenvalue weighted by Gasteiger charge is -2.15. The molecule has 3 rings (SSSR count). The first-order valence-corrected chi connectivity index (χ1v) is 7.21. The van der Waals surface area contributed by atoms with Gasteiger partial charge in [-0.25, -0.2) is 4.98 Å². The largest absolute Gasteiger partial charge is 0.378 e. The zero-order valence-electron chi connectivity index (χ0n) is 12.0. The van der Waals surface area contributed by atoms with Crippen molar-refractivity contribution in [2.75, 3.05) is 6.61 Å². The maximum atomic E-state index is 9.01. The summed E-state index contributed by atoms with van der Waals surface area (Å²) in [5, 5.41) is 9.01. The number of nitriles is 1. The third-order valence-electron chi connectivity index (χ3n) is 3.84. The van der Waals surface area contributed by atoms with Crippen LogP contribution in [0.5, 0.6) is 0 Å². The fourth-order valence-electron chi connectivity index (χ4n) is 2.95. The molecule has 2 aromatic rings. The van der Waals surface area contributed by atoms with Gasteiger partial charge in [0.15, 0.2) is 0 Å². The predicted molar refractivity (Wildman–Crippen MR) is 77.5 cm³/mol. The number of hydrogen-bond acceptors (Lipinski definition) is 3. The minimum Gasteiger partial charge on any atom is -0.378 e. The lowest BCUT2D eigenvalue weighted by molar-refractivity contribution is 0.109. The molecule has 104 valence electrons. The van der Waals surface area contributed by atoms with Crippen LogP contribution < -0.4 is 0 Å². The summed E-state index contributed by atoms with van der Waals surface area (Å²) in [5.74, 6) is 1.07. The van der Waals surface area contributed by atoms with Crippen LogP contribution in [0.3, 0.4) is 0 Å². The van der Waals surface area contributed by atoms with E-state index in [-0.39, 0.29) is 0 Å². The fourth-order valence-corrected chi connectivity index (χ4v) is 2.95. The minimum atomic E-state index is 0.291. The van der Waals surface area contributed by atoms with Crippen LogP contribution in [0.15, 0.2) is 18.2 Å². The molecule has 1 saturated heterocycles. The lowest BCUT2D eigenvalue weighted by atomic mass is 10.1. The van der Waals surface area contributed by atoms with Gasteiger partial charge in [-0.2, -0.15) is 5.26 Å². The fraction of sp³-hybridized carbons (Fsp3) is 0.500. The molecular weight excluding hydrogens is 250 g/mol. The molecule has 1 aromatic heterocycles. The Morgan fingerprint density at radius 1 is 1.50 bits per heavy atom. The molecule has 0 bridgehead atoms. The van der Waals surface area contributed by atoms with Crippen LogP contribution in [0.1, 0.15) is 44.1 Å². The summed E-state index contributed by atoms with van der Waals surface area (Å²) in [5.41, 5.74) is 2.67. The van der Waals surface area contributed by atoms with E-state index in [1.165, 1.54) is 0 Å². The van der Waals surface area contributed by atoms with Gasteiger partial charge < -0.3 is 9.30 Å². The van der Waals surface area contributed by atoms with Gasteiger partial charge in [-0.15, -0.1) is 0 Å². The van der Waals surface area contributed by atoms with Gasteiger partial charge >= 0.3 is 0 Å². The molecule has 1 aliphatic heterocycles. The van der Waals surface area contributed by atoms with E-state index < -0.39 is 0 Å². The van der Waals surface area contributed by atoms with E-state index >= 15 is 0 Å². The molecule has 0 spiro atoms. The molecule has 0 aliphatic carbocycles. The number of benzene rings is 1. The Morgan fingerprint density at radius 3 is 3.00 bits per heavy atom. The number of rotatable bonds is 3. The van der Waals surface area contributed by atoms with Crippen molar-refractivity contribution in [3.63, 3.8) is 0 Å². The van der Waals surface area contributed by atoms with Crippen molar-refractivity contribution in [1.29, 1.82) is 5.26 Å². The van der Waals surface area contributed by atoms with Gasteiger partial charge in [0, 0.05) is 19.1 Å². The summed E-state index contributed by atoms with van der Waals surface area (Å²) in [6, 6.07) is 8.26. The maximum absolute atomic E-state index is 9.01. The molecule has 4 heteroatoms. The van der Waals surface area contributed by atoms with Crippen molar-refractivity contribution in [2.24, 2.45) is 0 Å². The smallest absolute Gasteiger partial charge is 0.112 e. The van der Waals surface area contributed by atoms with Gasteiger partial charge in [-0.3, -0.25) is 0 Å². The molecule has 1 unspecified atom stereocenters. The zero-order chi connectivity index (χ0) is 14.1. The number of ether oxygens (including phenoxy) is 1. The Labute approximate surface area is 119 Å². The van der Waals surface area contributed by atoms with Crippen LogP contribution in [-0.2, 0) is 11.2 Å². The van der Waals surface area contributed by atoms with Crippen LogP contribution in [0.4, 0.5) is 0 Å². The van der Waals surface area contributed by atoms with Crippen LogP contribution >= 0.6 is 0 Å². The van der Waals surface area contributed by atoms with E-state index in [4.69, 9.17) is 15.0 Å². The molecule has 0 saturated carbocycles. The predicted octanol–water partition coefficient (Wildman–Crippen LogP) is 3.21. The van der Waals surface area contributed by atoms with Gasteiger partial charge in [0.1, 0.15) is 5.82 Å². The van der Waals surface area contributed by atoms with E-state index in [9.17, 15) is 0 Å². The Hall–Kier alpha value is -1.86. The van der Waals surface area contributed by atoms with Crippen molar-refractivity contribution in [2.45, 2.75) is 45.3 Å². The normalized spacial score (nSPS) is 18.8. The van der Waals surface area contributed by atoms with E-state index in [0.29, 0.717) is 17.7 Å². The summed E-state index contributed by atoms with van der Waals surface area (Å²) in [6.07, 6.45) is 3.41. The Morgan fingerprint density at radius 2 is 2.35 bits per heavy atom. The number of aromatic nitrogens is 2. The van der Waals surface area contributed by atoms with E-state index in [2.05, 4.69) is 24.5 Å². The average Bonchev–Trinajstić information content (AvgIpc) is 3.04. The number of fused-ring (bicyclic) bond motifs is 1. The molecule has 2 heterocycles. The molecule has 1 fully saturated rings. The Kier molecular flexibility index (Phi) is 3.45. The van der Waals surface area contributed by atoms with Crippen molar-refractivity contribution < 1.29 is 4.74 Å². The number of imidazole rings is 1. The third kappa shape index (κ3) is 2.30. The number of nitrogens with zero attached hydrogens (tertiary/aromatic N) is 3. The standard InChI is InChI=1S/C16H19N3O/c1-11(2)19-15-6-5-12(10-17)8-14(15)18-16(19)9-13-4-3-7-20-13/h5-6,8,11,13H,3-4,7,9H2,1-2H3. The maximum Gasteiger partial charge on any atom is 0.112 e. The quantitative estimate of drug-likeness (QED) is 0.859. The monoisotopic (exact) mass is 269 g/mol. The SMILES string of the molecule is CC(C)n1c(CC2CCCO2)nc2cc(C#N)ccc21. The van der Waals surface area contributed by atoms with E-state index in [1.54, 1.807) is 0 Å². The number of hydrogen-bond donors (Lipinski definition) is 0. The second-order valence-electron chi connectivity index (χ2n) is 5.65. The van der Waals surface area contributed by atoms with E-state index in [0.717, 1.165) is 42.7 Å². The highest BCUT2D eigenvalue weighted by molar-refractivity contribution is 5.78. The zero-order valence-corrected chi connectivity index (χ0v) is 12.0. The van der Waals surface area contributed by atoms with Crippen molar-refractivity contribution in [1.82, 2.24) is 9.55 Å². The molecule has 0 N–H and O–H groups in total. The third-order valence-corrected chi connectivity index (χ3v) is 3.84. The molecule has 0 amide bonds. The lowest BCUT2D eigenvalue weighted by Crippen LogP contribution is -2.15. The first-order valence-electron chi connectivity index (χ1n) is 7.21. The molecule has 20 heavy (non-hydrogen) atoms. The first kappa shape index (κ1) is 13.1. The van der Waals surface area contributed by atoms with Crippen molar-refractivity contribution in [3.05, 3.63) is 29.6 Å². The molecule has 1 aromatic carbocycles. The summed E-state index contributed by atoms with van der Waals surface area (Å²) in [6.45, 7) is 5.20.